The third kappa shape index (κ3) is 4.98. The standard InChI is InChI=1S/C25H20BrN3O2/c1-17-20(18-8-3-2-4-9-18)11-7-12-22(17)29-25(30)23-14-24(21(26)15-28-23)31-16-19-10-5-6-13-27-19/h2-15H,16H2,1H3,(H,29,30). The van der Waals surface area contributed by atoms with Crippen molar-refractivity contribution < 1.29 is 9.53 Å². The lowest BCUT2D eigenvalue weighted by Gasteiger charge is -2.13. The van der Waals surface area contributed by atoms with Crippen molar-refractivity contribution in [1.82, 2.24) is 9.97 Å². The number of carbonyl (C=O) groups excluding carboxylic acids is 1. The highest BCUT2D eigenvalue weighted by molar-refractivity contribution is 9.10. The van der Waals surface area contributed by atoms with Crippen LogP contribution in [0.3, 0.4) is 0 Å². The highest BCUT2D eigenvalue weighted by Crippen LogP contribution is 2.29. The molecule has 0 bridgehead atoms. The van der Waals surface area contributed by atoms with Gasteiger partial charge in [0.15, 0.2) is 0 Å². The maximum atomic E-state index is 12.9. The lowest BCUT2D eigenvalue weighted by atomic mass is 9.99. The van der Waals surface area contributed by atoms with Crippen LogP contribution in [0.25, 0.3) is 11.1 Å². The molecule has 5 nitrogen and oxygen atoms in total. The van der Waals surface area contributed by atoms with E-state index < -0.39 is 0 Å². The van der Waals surface area contributed by atoms with Crippen LogP contribution in [0.15, 0.2) is 89.7 Å². The molecule has 2 heterocycles. The lowest BCUT2D eigenvalue weighted by molar-refractivity contribution is 0.102. The number of aromatic nitrogens is 2. The molecule has 1 amide bonds. The van der Waals surface area contributed by atoms with E-state index >= 15 is 0 Å². The Morgan fingerprint density at radius 3 is 2.58 bits per heavy atom. The van der Waals surface area contributed by atoms with Crippen LogP contribution in [-0.2, 0) is 6.61 Å². The molecule has 0 aliphatic carbocycles. The topological polar surface area (TPSA) is 64.1 Å². The van der Waals surface area contributed by atoms with Gasteiger partial charge in [0.05, 0.1) is 10.2 Å². The van der Waals surface area contributed by atoms with E-state index in [1.54, 1.807) is 18.5 Å². The van der Waals surface area contributed by atoms with E-state index in [4.69, 9.17) is 4.74 Å². The highest BCUT2D eigenvalue weighted by atomic mass is 79.9. The minimum atomic E-state index is -0.302. The predicted molar refractivity (Wildman–Crippen MR) is 125 cm³/mol. The summed E-state index contributed by atoms with van der Waals surface area (Å²) in [4.78, 5) is 21.4. The summed E-state index contributed by atoms with van der Waals surface area (Å²) in [5.74, 6) is 0.226. The van der Waals surface area contributed by atoms with Crippen LogP contribution in [0, 0.1) is 6.92 Å². The first-order valence-corrected chi connectivity index (χ1v) is 10.6. The van der Waals surface area contributed by atoms with Gasteiger partial charge in [-0.05, 0) is 57.7 Å². The predicted octanol–water partition coefficient (Wildman–Crippen LogP) is 6.05. The van der Waals surface area contributed by atoms with Crippen molar-refractivity contribution in [1.29, 1.82) is 0 Å². The van der Waals surface area contributed by atoms with E-state index in [0.29, 0.717) is 16.8 Å². The Balaban J connectivity index is 1.53. The number of carbonyl (C=O) groups is 1. The number of nitrogens with one attached hydrogen (secondary N) is 1. The van der Waals surface area contributed by atoms with Crippen LogP contribution in [-0.4, -0.2) is 15.9 Å². The minimum Gasteiger partial charge on any atom is -0.486 e. The van der Waals surface area contributed by atoms with Gasteiger partial charge in [-0.15, -0.1) is 0 Å². The molecule has 0 radical (unpaired) electrons. The van der Waals surface area contributed by atoms with E-state index in [1.807, 2.05) is 61.5 Å². The smallest absolute Gasteiger partial charge is 0.274 e. The number of ether oxygens (including phenoxy) is 1. The Hall–Kier alpha value is -3.51. The van der Waals surface area contributed by atoms with Gasteiger partial charge in [-0.25, -0.2) is 4.98 Å². The number of halogens is 1. The lowest BCUT2D eigenvalue weighted by Crippen LogP contribution is -2.15. The van der Waals surface area contributed by atoms with Crippen molar-refractivity contribution in [3.05, 3.63) is 107 Å². The van der Waals surface area contributed by atoms with Crippen LogP contribution >= 0.6 is 15.9 Å². The van der Waals surface area contributed by atoms with Gasteiger partial charge in [0.25, 0.3) is 5.91 Å². The second-order valence-electron chi connectivity index (χ2n) is 6.91. The van der Waals surface area contributed by atoms with Crippen molar-refractivity contribution in [3.8, 4) is 16.9 Å². The first kappa shape index (κ1) is 20.8. The molecular formula is C25H20BrN3O2. The molecule has 0 aliphatic rings. The fraction of sp³-hybridized carbons (Fsp3) is 0.0800. The fourth-order valence-electron chi connectivity index (χ4n) is 3.18. The zero-order valence-electron chi connectivity index (χ0n) is 16.9. The third-order valence-electron chi connectivity index (χ3n) is 4.82. The second-order valence-corrected chi connectivity index (χ2v) is 7.76. The zero-order valence-corrected chi connectivity index (χ0v) is 18.5. The molecule has 0 aliphatic heterocycles. The van der Waals surface area contributed by atoms with Gasteiger partial charge in [0, 0.05) is 24.1 Å². The van der Waals surface area contributed by atoms with Crippen molar-refractivity contribution in [2.24, 2.45) is 0 Å². The Labute approximate surface area is 189 Å². The van der Waals surface area contributed by atoms with Crippen molar-refractivity contribution in [2.45, 2.75) is 13.5 Å². The van der Waals surface area contributed by atoms with E-state index in [-0.39, 0.29) is 11.6 Å². The Kier molecular flexibility index (Phi) is 6.38. The van der Waals surface area contributed by atoms with Gasteiger partial charge in [0.1, 0.15) is 18.1 Å². The molecule has 0 unspecified atom stereocenters. The molecule has 0 saturated heterocycles. The molecule has 6 heteroatoms. The van der Waals surface area contributed by atoms with E-state index in [2.05, 4.69) is 43.3 Å². The normalized spacial score (nSPS) is 10.5. The molecule has 2 aromatic heterocycles. The first-order chi connectivity index (χ1) is 15.1. The molecule has 31 heavy (non-hydrogen) atoms. The molecule has 0 atom stereocenters. The van der Waals surface area contributed by atoms with Gasteiger partial charge in [0.2, 0.25) is 0 Å². The minimum absolute atomic E-state index is 0.267. The molecule has 2 aromatic carbocycles. The Bertz CT molecular complexity index is 1200. The summed E-state index contributed by atoms with van der Waals surface area (Å²) in [5, 5.41) is 2.97. The molecule has 4 aromatic rings. The number of pyridine rings is 2. The molecule has 0 spiro atoms. The van der Waals surface area contributed by atoms with E-state index in [1.165, 1.54) is 0 Å². The van der Waals surface area contributed by atoms with Gasteiger partial charge in [-0.1, -0.05) is 48.5 Å². The number of benzene rings is 2. The summed E-state index contributed by atoms with van der Waals surface area (Å²) in [6.45, 7) is 2.29. The number of rotatable bonds is 6. The van der Waals surface area contributed by atoms with Crippen molar-refractivity contribution in [2.75, 3.05) is 5.32 Å². The number of amides is 1. The summed E-state index contributed by atoms with van der Waals surface area (Å²) in [5.41, 5.74) is 4.97. The summed E-state index contributed by atoms with van der Waals surface area (Å²) in [7, 11) is 0. The molecule has 4 rings (SSSR count). The molecule has 1 N–H and O–H groups in total. The zero-order chi connectivity index (χ0) is 21.6. The molecule has 154 valence electrons. The highest BCUT2D eigenvalue weighted by Gasteiger charge is 2.14. The maximum absolute atomic E-state index is 12.9. The summed E-state index contributed by atoms with van der Waals surface area (Å²) in [6, 6.07) is 23.2. The number of hydrogen-bond acceptors (Lipinski definition) is 4. The fourth-order valence-corrected chi connectivity index (χ4v) is 3.51. The van der Waals surface area contributed by atoms with Gasteiger partial charge >= 0.3 is 0 Å². The number of anilines is 1. The van der Waals surface area contributed by atoms with Gasteiger partial charge in [-0.2, -0.15) is 0 Å². The van der Waals surface area contributed by atoms with Crippen LogP contribution in [0.2, 0.25) is 0 Å². The van der Waals surface area contributed by atoms with Crippen LogP contribution in [0.4, 0.5) is 5.69 Å². The quantitative estimate of drug-likeness (QED) is 0.370. The van der Waals surface area contributed by atoms with Crippen molar-refractivity contribution >= 4 is 27.5 Å². The SMILES string of the molecule is Cc1c(NC(=O)c2cc(OCc3ccccn3)c(Br)cn2)cccc1-c1ccccc1. The van der Waals surface area contributed by atoms with E-state index in [9.17, 15) is 4.79 Å². The summed E-state index contributed by atoms with van der Waals surface area (Å²) in [6.07, 6.45) is 3.28. The van der Waals surface area contributed by atoms with Crippen LogP contribution in [0.5, 0.6) is 5.75 Å². The first-order valence-electron chi connectivity index (χ1n) is 9.76. The maximum Gasteiger partial charge on any atom is 0.274 e. The summed E-state index contributed by atoms with van der Waals surface area (Å²) < 4.78 is 6.50. The average molecular weight is 474 g/mol. The summed E-state index contributed by atoms with van der Waals surface area (Å²) >= 11 is 3.43. The molecule has 0 saturated carbocycles. The third-order valence-corrected chi connectivity index (χ3v) is 5.42. The Morgan fingerprint density at radius 2 is 1.81 bits per heavy atom. The largest absolute Gasteiger partial charge is 0.486 e. The van der Waals surface area contributed by atoms with Crippen LogP contribution in [0.1, 0.15) is 21.7 Å². The average Bonchev–Trinajstić information content (AvgIpc) is 2.81. The van der Waals surface area contributed by atoms with Gasteiger partial charge in [-0.3, -0.25) is 9.78 Å². The number of nitrogens with zero attached hydrogens (tertiary/aromatic N) is 2. The Morgan fingerprint density at radius 1 is 1.00 bits per heavy atom. The van der Waals surface area contributed by atoms with Gasteiger partial charge < -0.3 is 10.1 Å². The van der Waals surface area contributed by atoms with Crippen molar-refractivity contribution in [3.63, 3.8) is 0 Å². The van der Waals surface area contributed by atoms with Crippen LogP contribution < -0.4 is 10.1 Å². The second kappa shape index (κ2) is 9.53. The molecular weight excluding hydrogens is 454 g/mol. The van der Waals surface area contributed by atoms with E-state index in [0.717, 1.165) is 28.1 Å². The molecule has 0 fully saturated rings. The number of hydrogen-bond donors (Lipinski definition) is 1. The monoisotopic (exact) mass is 473 g/mol.